The van der Waals surface area contributed by atoms with E-state index in [0.29, 0.717) is 18.8 Å². The lowest BCUT2D eigenvalue weighted by Crippen LogP contribution is -2.48. The van der Waals surface area contributed by atoms with E-state index < -0.39 is 5.41 Å². The molecule has 1 aliphatic rings. The Kier molecular flexibility index (Phi) is 3.86. The Morgan fingerprint density at radius 1 is 0.952 bits per heavy atom. The van der Waals surface area contributed by atoms with Crippen molar-refractivity contribution in [3.05, 3.63) is 71.3 Å². The molecule has 0 radical (unpaired) electrons. The first-order valence-electron chi connectivity index (χ1n) is 7.05. The summed E-state index contributed by atoms with van der Waals surface area (Å²) in [7, 11) is 0. The number of ether oxygens (including phenoxy) is 2. The van der Waals surface area contributed by atoms with Crippen LogP contribution in [0.5, 0.6) is 0 Å². The van der Waals surface area contributed by atoms with Crippen LogP contribution in [0.25, 0.3) is 0 Å². The molecule has 1 fully saturated rings. The van der Waals surface area contributed by atoms with E-state index in [1.165, 1.54) is 0 Å². The van der Waals surface area contributed by atoms with E-state index in [2.05, 4.69) is 0 Å². The number of rotatable bonds is 3. The first kappa shape index (κ1) is 14.0. The maximum atomic E-state index is 13.1. The fourth-order valence-electron chi connectivity index (χ4n) is 2.70. The second-order valence-corrected chi connectivity index (χ2v) is 5.46. The normalized spacial score (nSPS) is 17.4. The zero-order chi connectivity index (χ0) is 14.7. The molecule has 2 aromatic rings. The predicted octanol–water partition coefficient (Wildman–Crippen LogP) is 3.12. The maximum Gasteiger partial charge on any atom is 0.178 e. The van der Waals surface area contributed by atoms with E-state index in [1.54, 1.807) is 0 Å². The number of benzene rings is 2. The third-order valence-electron chi connectivity index (χ3n) is 3.94. The van der Waals surface area contributed by atoms with Gasteiger partial charge in [0.1, 0.15) is 12.2 Å². The molecule has 0 saturated carbocycles. The molecule has 108 valence electrons. The molecule has 3 nitrogen and oxygen atoms in total. The first-order chi connectivity index (χ1) is 10.2. The lowest BCUT2D eigenvalue weighted by atomic mass is 9.75. The smallest absolute Gasteiger partial charge is 0.178 e. The number of carbonyl (C=O) groups is 1. The second-order valence-electron chi connectivity index (χ2n) is 5.46. The lowest BCUT2D eigenvalue weighted by Gasteiger charge is -2.35. The zero-order valence-corrected chi connectivity index (χ0v) is 12.0. The Balaban J connectivity index is 2.03. The number of hydrogen-bond acceptors (Lipinski definition) is 3. The SMILES string of the molecule is Cc1ccc(C(=O)C2(c3ccccc3)COCOC2)cc1. The van der Waals surface area contributed by atoms with Gasteiger partial charge in [0.25, 0.3) is 0 Å². The molecule has 0 unspecified atom stereocenters. The van der Waals surface area contributed by atoms with Crippen LogP contribution in [0.4, 0.5) is 0 Å². The fraction of sp³-hybridized carbons (Fsp3) is 0.278. The molecule has 0 atom stereocenters. The Morgan fingerprint density at radius 3 is 2.19 bits per heavy atom. The number of ketones is 1. The third-order valence-corrected chi connectivity index (χ3v) is 3.94. The van der Waals surface area contributed by atoms with Crippen molar-refractivity contribution in [1.82, 2.24) is 0 Å². The van der Waals surface area contributed by atoms with Gasteiger partial charge in [-0.15, -0.1) is 0 Å². The van der Waals surface area contributed by atoms with Gasteiger partial charge in [-0.1, -0.05) is 60.2 Å². The molecular weight excluding hydrogens is 264 g/mol. The van der Waals surface area contributed by atoms with Crippen LogP contribution < -0.4 is 0 Å². The van der Waals surface area contributed by atoms with E-state index in [9.17, 15) is 4.79 Å². The maximum absolute atomic E-state index is 13.1. The van der Waals surface area contributed by atoms with Crippen LogP contribution in [0.2, 0.25) is 0 Å². The van der Waals surface area contributed by atoms with Crippen molar-refractivity contribution in [1.29, 1.82) is 0 Å². The van der Waals surface area contributed by atoms with Crippen molar-refractivity contribution >= 4 is 5.78 Å². The van der Waals surface area contributed by atoms with Gasteiger partial charge in [0.15, 0.2) is 5.78 Å². The average Bonchev–Trinajstić information content (AvgIpc) is 2.56. The van der Waals surface area contributed by atoms with Gasteiger partial charge in [0.2, 0.25) is 0 Å². The van der Waals surface area contributed by atoms with Crippen molar-refractivity contribution in [2.45, 2.75) is 12.3 Å². The highest BCUT2D eigenvalue weighted by Gasteiger charge is 2.43. The third kappa shape index (κ3) is 2.62. The molecule has 0 amide bonds. The molecule has 0 spiro atoms. The Bertz CT molecular complexity index is 611. The summed E-state index contributed by atoms with van der Waals surface area (Å²) >= 11 is 0. The van der Waals surface area contributed by atoms with Crippen molar-refractivity contribution in [2.24, 2.45) is 0 Å². The molecule has 1 saturated heterocycles. The van der Waals surface area contributed by atoms with Crippen LogP contribution in [0.3, 0.4) is 0 Å². The minimum atomic E-state index is -0.755. The van der Waals surface area contributed by atoms with Crippen molar-refractivity contribution in [2.75, 3.05) is 20.0 Å². The summed E-state index contributed by atoms with van der Waals surface area (Å²) < 4.78 is 10.9. The van der Waals surface area contributed by atoms with Gasteiger partial charge in [-0.25, -0.2) is 0 Å². The van der Waals surface area contributed by atoms with E-state index >= 15 is 0 Å². The van der Waals surface area contributed by atoms with Crippen LogP contribution >= 0.6 is 0 Å². The van der Waals surface area contributed by atoms with Gasteiger partial charge >= 0.3 is 0 Å². The lowest BCUT2D eigenvalue weighted by molar-refractivity contribution is -0.127. The molecule has 3 heteroatoms. The van der Waals surface area contributed by atoms with Crippen LogP contribution in [-0.2, 0) is 14.9 Å². The largest absolute Gasteiger partial charge is 0.354 e. The van der Waals surface area contributed by atoms with Crippen molar-refractivity contribution in [3.63, 3.8) is 0 Å². The topological polar surface area (TPSA) is 35.5 Å². The Labute approximate surface area is 124 Å². The first-order valence-corrected chi connectivity index (χ1v) is 7.05. The molecule has 0 N–H and O–H groups in total. The van der Waals surface area contributed by atoms with E-state index in [0.717, 1.165) is 11.1 Å². The standard InChI is InChI=1S/C18H18O3/c1-14-7-9-15(10-8-14)17(19)18(11-20-13-21-12-18)16-5-3-2-4-6-16/h2-10H,11-13H2,1H3. The monoisotopic (exact) mass is 282 g/mol. The van der Waals surface area contributed by atoms with Crippen LogP contribution in [0.1, 0.15) is 21.5 Å². The average molecular weight is 282 g/mol. The molecule has 0 bridgehead atoms. The van der Waals surface area contributed by atoms with Gasteiger partial charge in [0, 0.05) is 5.56 Å². The summed E-state index contributed by atoms with van der Waals surface area (Å²) in [4.78, 5) is 13.1. The summed E-state index contributed by atoms with van der Waals surface area (Å²) in [6, 6.07) is 17.4. The zero-order valence-electron chi connectivity index (χ0n) is 12.0. The molecular formula is C18H18O3. The second kappa shape index (κ2) is 5.80. The fourth-order valence-corrected chi connectivity index (χ4v) is 2.70. The number of Topliss-reactive ketones (excluding diaryl/α,β-unsaturated/α-hetero) is 1. The van der Waals surface area contributed by atoms with E-state index in [-0.39, 0.29) is 12.6 Å². The highest BCUT2D eigenvalue weighted by Crippen LogP contribution is 2.32. The minimum absolute atomic E-state index is 0.0494. The van der Waals surface area contributed by atoms with Crippen molar-refractivity contribution < 1.29 is 14.3 Å². The van der Waals surface area contributed by atoms with Crippen LogP contribution in [0.15, 0.2) is 54.6 Å². The minimum Gasteiger partial charge on any atom is -0.354 e. The van der Waals surface area contributed by atoms with Gasteiger partial charge in [-0.3, -0.25) is 4.79 Å². The van der Waals surface area contributed by atoms with E-state index in [4.69, 9.17) is 9.47 Å². The highest BCUT2D eigenvalue weighted by atomic mass is 16.7. The summed E-state index contributed by atoms with van der Waals surface area (Å²) in [5.41, 5.74) is 2.01. The quantitative estimate of drug-likeness (QED) is 0.811. The van der Waals surface area contributed by atoms with E-state index in [1.807, 2.05) is 61.5 Å². The number of hydrogen-bond donors (Lipinski definition) is 0. The van der Waals surface area contributed by atoms with Gasteiger partial charge in [-0.05, 0) is 12.5 Å². The molecule has 3 rings (SSSR count). The van der Waals surface area contributed by atoms with Gasteiger partial charge < -0.3 is 9.47 Å². The molecule has 0 aliphatic carbocycles. The highest BCUT2D eigenvalue weighted by molar-refractivity contribution is 6.04. The molecule has 2 aromatic carbocycles. The summed E-state index contributed by atoms with van der Waals surface area (Å²) in [6.07, 6.45) is 0. The van der Waals surface area contributed by atoms with Crippen LogP contribution in [0, 0.1) is 6.92 Å². The molecule has 1 heterocycles. The number of carbonyl (C=O) groups excluding carboxylic acids is 1. The summed E-state index contributed by atoms with van der Waals surface area (Å²) in [5.74, 6) is 0.0494. The Morgan fingerprint density at radius 2 is 1.57 bits per heavy atom. The van der Waals surface area contributed by atoms with Crippen LogP contribution in [-0.4, -0.2) is 25.8 Å². The summed E-state index contributed by atoms with van der Waals surface area (Å²) in [5, 5.41) is 0. The molecule has 21 heavy (non-hydrogen) atoms. The predicted molar refractivity (Wildman–Crippen MR) is 80.4 cm³/mol. The molecule has 1 aliphatic heterocycles. The van der Waals surface area contributed by atoms with Gasteiger partial charge in [0.05, 0.1) is 13.2 Å². The summed E-state index contributed by atoms with van der Waals surface area (Å²) in [6.45, 7) is 2.96. The Hall–Kier alpha value is -1.97. The van der Waals surface area contributed by atoms with Gasteiger partial charge in [-0.2, -0.15) is 0 Å². The molecule has 0 aromatic heterocycles. The number of aryl methyl sites for hydroxylation is 1. The van der Waals surface area contributed by atoms with Crippen molar-refractivity contribution in [3.8, 4) is 0 Å².